The summed E-state index contributed by atoms with van der Waals surface area (Å²) in [6.07, 6.45) is 4.32. The molecule has 1 N–H and O–H groups in total. The summed E-state index contributed by atoms with van der Waals surface area (Å²) < 4.78 is 27.7. The van der Waals surface area contributed by atoms with Crippen LogP contribution in [0.5, 0.6) is 0 Å². The first-order chi connectivity index (χ1) is 12.6. The fourth-order valence-electron chi connectivity index (χ4n) is 3.15. The van der Waals surface area contributed by atoms with Gasteiger partial charge in [-0.15, -0.1) is 0 Å². The fourth-order valence-corrected chi connectivity index (χ4v) is 5.22. The first-order valence-corrected chi connectivity index (χ1v) is 11.4. The maximum absolute atomic E-state index is 12.5. The van der Waals surface area contributed by atoms with Crippen molar-refractivity contribution in [2.24, 2.45) is 0 Å². The fraction of sp³-hybridized carbons (Fsp3) is 0.350. The molecule has 1 aliphatic rings. The number of nitrogens with one attached hydrogen (secondary N) is 1. The second-order valence-corrected chi connectivity index (χ2v) is 9.23. The third kappa shape index (κ3) is 4.67. The van der Waals surface area contributed by atoms with Crippen LogP contribution in [0.4, 0.5) is 0 Å². The van der Waals surface area contributed by atoms with Gasteiger partial charge in [-0.25, -0.2) is 13.1 Å². The Bertz CT molecular complexity index is 918. The molecule has 1 aliphatic carbocycles. The Kier molecular flexibility index (Phi) is 6.36. The first kappa shape index (κ1) is 19.0. The van der Waals surface area contributed by atoms with E-state index in [0.717, 1.165) is 24.8 Å². The molecule has 4 nitrogen and oxygen atoms in total. The molecule has 0 heterocycles. The van der Waals surface area contributed by atoms with E-state index >= 15 is 0 Å². The molecule has 136 valence electrons. The molecule has 0 atom stereocenters. The van der Waals surface area contributed by atoms with Crippen molar-refractivity contribution in [3.8, 4) is 6.07 Å². The number of hydrogen-bond acceptors (Lipinski definition) is 4. The molecule has 0 saturated heterocycles. The molecule has 0 fully saturated rings. The maximum atomic E-state index is 12.5. The molecule has 0 spiro atoms. The van der Waals surface area contributed by atoms with Crippen molar-refractivity contribution in [1.82, 2.24) is 4.72 Å². The van der Waals surface area contributed by atoms with Gasteiger partial charge in [0.1, 0.15) is 0 Å². The zero-order valence-electron chi connectivity index (χ0n) is 14.6. The van der Waals surface area contributed by atoms with Crippen LogP contribution in [0.15, 0.2) is 47.4 Å². The van der Waals surface area contributed by atoms with E-state index in [1.807, 2.05) is 30.3 Å². The number of nitriles is 1. The van der Waals surface area contributed by atoms with E-state index in [0.29, 0.717) is 28.5 Å². The second kappa shape index (κ2) is 8.72. The molecule has 6 heteroatoms. The van der Waals surface area contributed by atoms with Crippen LogP contribution in [-0.4, -0.2) is 20.7 Å². The van der Waals surface area contributed by atoms with Gasteiger partial charge >= 0.3 is 0 Å². The van der Waals surface area contributed by atoms with Crippen LogP contribution in [0.2, 0.25) is 0 Å². The lowest BCUT2D eigenvalue weighted by atomic mass is 9.92. The number of thioether (sulfide) groups is 1. The number of aryl methyl sites for hydroxylation is 2. The Hall–Kier alpha value is -1.81. The normalized spacial score (nSPS) is 13.8. The van der Waals surface area contributed by atoms with Gasteiger partial charge in [0.2, 0.25) is 10.0 Å². The Morgan fingerprint density at radius 2 is 1.85 bits per heavy atom. The van der Waals surface area contributed by atoms with Crippen LogP contribution in [-0.2, 0) is 28.6 Å². The van der Waals surface area contributed by atoms with Gasteiger partial charge in [-0.2, -0.15) is 17.0 Å². The highest BCUT2D eigenvalue weighted by molar-refractivity contribution is 7.98. The molecule has 0 saturated carbocycles. The topological polar surface area (TPSA) is 70.0 Å². The Balaban J connectivity index is 1.52. The standard InChI is InChI=1S/C20H22N2O2S2/c21-14-18-7-3-4-8-19(18)15-25-12-11-22-26(23,24)20-10-9-16-5-1-2-6-17(16)13-20/h3-4,7-10,13,22H,1-2,5-6,11-12,15H2. The minimum atomic E-state index is -3.47. The van der Waals surface area contributed by atoms with E-state index in [1.165, 1.54) is 17.5 Å². The summed E-state index contributed by atoms with van der Waals surface area (Å²) in [5.74, 6) is 1.36. The molecule has 0 aliphatic heterocycles. The zero-order valence-corrected chi connectivity index (χ0v) is 16.2. The number of fused-ring (bicyclic) bond motifs is 1. The van der Waals surface area contributed by atoms with Crippen molar-refractivity contribution in [3.63, 3.8) is 0 Å². The summed E-state index contributed by atoms with van der Waals surface area (Å²) in [5.41, 5.74) is 4.11. The van der Waals surface area contributed by atoms with Gasteiger partial charge in [0, 0.05) is 18.1 Å². The predicted octanol–water partition coefficient (Wildman–Crippen LogP) is 3.65. The van der Waals surface area contributed by atoms with Gasteiger partial charge in [-0.05, 0) is 60.6 Å². The molecule has 0 radical (unpaired) electrons. The van der Waals surface area contributed by atoms with Crippen molar-refractivity contribution in [2.75, 3.05) is 12.3 Å². The molecular formula is C20H22N2O2S2. The summed E-state index contributed by atoms with van der Waals surface area (Å²) in [5, 5.41) is 9.09. The third-order valence-electron chi connectivity index (χ3n) is 4.56. The smallest absolute Gasteiger partial charge is 0.210 e. The summed E-state index contributed by atoms with van der Waals surface area (Å²) in [6.45, 7) is 0.374. The van der Waals surface area contributed by atoms with Gasteiger partial charge in [-0.1, -0.05) is 24.3 Å². The first-order valence-electron chi connectivity index (χ1n) is 8.77. The Labute approximate surface area is 159 Å². The van der Waals surface area contributed by atoms with E-state index in [4.69, 9.17) is 5.26 Å². The largest absolute Gasteiger partial charge is 0.240 e. The summed E-state index contributed by atoms with van der Waals surface area (Å²) in [7, 11) is -3.47. The number of nitrogens with zero attached hydrogens (tertiary/aromatic N) is 1. The predicted molar refractivity (Wildman–Crippen MR) is 106 cm³/mol. The Morgan fingerprint density at radius 1 is 1.08 bits per heavy atom. The lowest BCUT2D eigenvalue weighted by molar-refractivity contribution is 0.583. The van der Waals surface area contributed by atoms with Gasteiger partial charge < -0.3 is 0 Å². The molecule has 0 bridgehead atoms. The van der Waals surface area contributed by atoms with Crippen LogP contribution >= 0.6 is 11.8 Å². The number of sulfonamides is 1. The molecule has 0 unspecified atom stereocenters. The highest BCUT2D eigenvalue weighted by Crippen LogP contribution is 2.24. The van der Waals surface area contributed by atoms with E-state index in [2.05, 4.69) is 10.8 Å². The average Bonchev–Trinajstić information content (AvgIpc) is 2.67. The molecule has 0 aromatic heterocycles. The Morgan fingerprint density at radius 3 is 2.65 bits per heavy atom. The SMILES string of the molecule is N#Cc1ccccc1CSCCNS(=O)(=O)c1ccc2c(c1)CCCC2. The molecule has 0 amide bonds. The summed E-state index contributed by atoms with van der Waals surface area (Å²) >= 11 is 1.62. The molecule has 2 aromatic rings. The van der Waals surface area contributed by atoms with Gasteiger partial charge in [0.15, 0.2) is 0 Å². The monoisotopic (exact) mass is 386 g/mol. The van der Waals surface area contributed by atoms with E-state index in [1.54, 1.807) is 23.9 Å². The second-order valence-electron chi connectivity index (χ2n) is 6.36. The number of hydrogen-bond donors (Lipinski definition) is 1. The molecule has 26 heavy (non-hydrogen) atoms. The van der Waals surface area contributed by atoms with E-state index in [-0.39, 0.29) is 0 Å². The van der Waals surface area contributed by atoms with Crippen LogP contribution in [0.3, 0.4) is 0 Å². The van der Waals surface area contributed by atoms with E-state index in [9.17, 15) is 8.42 Å². The summed E-state index contributed by atoms with van der Waals surface area (Å²) in [4.78, 5) is 0.359. The van der Waals surface area contributed by atoms with Crippen molar-refractivity contribution in [2.45, 2.75) is 36.3 Å². The van der Waals surface area contributed by atoms with Crippen molar-refractivity contribution in [1.29, 1.82) is 5.26 Å². The van der Waals surface area contributed by atoms with Gasteiger partial charge in [0.25, 0.3) is 0 Å². The summed E-state index contributed by atoms with van der Waals surface area (Å²) in [6, 6.07) is 15.2. The molecule has 2 aromatic carbocycles. The maximum Gasteiger partial charge on any atom is 0.240 e. The van der Waals surface area contributed by atoms with Crippen LogP contribution in [0.25, 0.3) is 0 Å². The van der Waals surface area contributed by atoms with Crippen molar-refractivity contribution < 1.29 is 8.42 Å². The van der Waals surface area contributed by atoms with Crippen molar-refractivity contribution >= 4 is 21.8 Å². The average molecular weight is 387 g/mol. The van der Waals surface area contributed by atoms with Gasteiger partial charge in [-0.3, -0.25) is 0 Å². The minimum absolute atomic E-state index is 0.359. The highest BCUT2D eigenvalue weighted by atomic mass is 32.2. The number of rotatable bonds is 7. The van der Waals surface area contributed by atoms with Crippen molar-refractivity contribution in [3.05, 3.63) is 64.7 Å². The van der Waals surface area contributed by atoms with Crippen LogP contribution < -0.4 is 4.72 Å². The molecule has 3 rings (SSSR count). The third-order valence-corrected chi connectivity index (χ3v) is 7.03. The van der Waals surface area contributed by atoms with Crippen LogP contribution in [0, 0.1) is 11.3 Å². The van der Waals surface area contributed by atoms with E-state index < -0.39 is 10.0 Å². The minimum Gasteiger partial charge on any atom is -0.210 e. The highest BCUT2D eigenvalue weighted by Gasteiger charge is 2.17. The lowest BCUT2D eigenvalue weighted by Crippen LogP contribution is -2.26. The quantitative estimate of drug-likeness (QED) is 0.738. The lowest BCUT2D eigenvalue weighted by Gasteiger charge is -2.16. The number of benzene rings is 2. The van der Waals surface area contributed by atoms with Crippen LogP contribution in [0.1, 0.15) is 35.1 Å². The van der Waals surface area contributed by atoms with Gasteiger partial charge in [0.05, 0.1) is 16.5 Å². The molecular weight excluding hydrogens is 364 g/mol. The zero-order chi connectivity index (χ0) is 18.4.